The standard InChI is InChI=1S/C25H25F3N6OS/c1-15-20(10-16(13-29-15)4-5-34-6-8-35-9-7-34)32-24-30-14-17-11-22(36)31-21-12-18(25(26,27)28)2-3-19(21)23(17)33-24/h2-3,10,12-14H,4-9,11H2,1H3,(H,31,36)(H,30,32,33). The van der Waals surface area contributed by atoms with Gasteiger partial charge in [0, 0.05) is 55.3 Å². The van der Waals surface area contributed by atoms with Crippen molar-refractivity contribution in [1.29, 1.82) is 0 Å². The molecule has 0 amide bonds. The van der Waals surface area contributed by atoms with Crippen LogP contribution in [0, 0.1) is 6.92 Å². The predicted molar refractivity (Wildman–Crippen MR) is 136 cm³/mol. The molecule has 0 bridgehead atoms. The van der Waals surface area contributed by atoms with E-state index in [9.17, 15) is 13.2 Å². The van der Waals surface area contributed by atoms with Crippen molar-refractivity contribution in [2.45, 2.75) is 25.9 Å². The number of ether oxygens (including phenoxy) is 1. The van der Waals surface area contributed by atoms with Gasteiger partial charge in [0.15, 0.2) is 0 Å². The Morgan fingerprint density at radius 2 is 1.94 bits per heavy atom. The first-order valence-electron chi connectivity index (χ1n) is 11.7. The van der Waals surface area contributed by atoms with Crippen molar-refractivity contribution in [3.63, 3.8) is 0 Å². The lowest BCUT2D eigenvalue weighted by Crippen LogP contribution is -2.37. The van der Waals surface area contributed by atoms with Crippen LogP contribution in [0.5, 0.6) is 0 Å². The van der Waals surface area contributed by atoms with Crippen molar-refractivity contribution >= 4 is 34.5 Å². The Labute approximate surface area is 212 Å². The molecule has 3 aromatic rings. The molecule has 0 radical (unpaired) electrons. The van der Waals surface area contributed by atoms with Gasteiger partial charge in [0.25, 0.3) is 0 Å². The highest BCUT2D eigenvalue weighted by Gasteiger charge is 2.32. The Morgan fingerprint density at radius 1 is 1.14 bits per heavy atom. The lowest BCUT2D eigenvalue weighted by molar-refractivity contribution is -0.137. The van der Waals surface area contributed by atoms with Crippen LogP contribution in [0.4, 0.5) is 30.5 Å². The first-order valence-corrected chi connectivity index (χ1v) is 12.1. The van der Waals surface area contributed by atoms with Gasteiger partial charge >= 0.3 is 6.18 Å². The molecule has 2 aliphatic rings. The molecule has 1 aromatic carbocycles. The zero-order valence-electron chi connectivity index (χ0n) is 19.7. The van der Waals surface area contributed by atoms with Crippen molar-refractivity contribution in [2.75, 3.05) is 43.5 Å². The second-order valence-corrected chi connectivity index (χ2v) is 9.35. The van der Waals surface area contributed by atoms with Gasteiger partial charge < -0.3 is 15.4 Å². The molecule has 4 heterocycles. The summed E-state index contributed by atoms with van der Waals surface area (Å²) in [5, 5.41) is 6.18. The number of halogens is 3. The molecule has 188 valence electrons. The fourth-order valence-electron chi connectivity index (χ4n) is 4.30. The average molecular weight is 515 g/mol. The van der Waals surface area contributed by atoms with Crippen molar-refractivity contribution in [3.8, 4) is 11.3 Å². The summed E-state index contributed by atoms with van der Waals surface area (Å²) in [6, 6.07) is 5.59. The van der Waals surface area contributed by atoms with Gasteiger partial charge in [-0.15, -0.1) is 0 Å². The fourth-order valence-corrected chi connectivity index (χ4v) is 4.56. The number of hydrogen-bond acceptors (Lipinski definition) is 7. The number of thiocarbonyl (C=S) groups is 1. The van der Waals surface area contributed by atoms with E-state index in [2.05, 4.69) is 30.5 Å². The number of nitrogens with one attached hydrogen (secondary N) is 2. The molecule has 0 atom stereocenters. The first kappa shape index (κ1) is 24.5. The summed E-state index contributed by atoms with van der Waals surface area (Å²) in [4.78, 5) is 16.4. The minimum absolute atomic E-state index is 0.279. The number of hydrogen-bond donors (Lipinski definition) is 2. The third-order valence-electron chi connectivity index (χ3n) is 6.30. The molecule has 2 N–H and O–H groups in total. The fraction of sp³-hybridized carbons (Fsp3) is 0.360. The van der Waals surface area contributed by atoms with Crippen LogP contribution in [-0.2, 0) is 23.8 Å². The van der Waals surface area contributed by atoms with Crippen molar-refractivity contribution < 1.29 is 17.9 Å². The van der Waals surface area contributed by atoms with Gasteiger partial charge in [0.05, 0.1) is 40.8 Å². The molecular formula is C25H25F3N6OS. The molecule has 0 aliphatic carbocycles. The molecule has 0 spiro atoms. The topological polar surface area (TPSA) is 75.2 Å². The monoisotopic (exact) mass is 514 g/mol. The first-order chi connectivity index (χ1) is 17.3. The van der Waals surface area contributed by atoms with E-state index >= 15 is 0 Å². The molecule has 5 rings (SSSR count). The summed E-state index contributed by atoms with van der Waals surface area (Å²) in [5.41, 5.74) is 4.01. The van der Waals surface area contributed by atoms with Gasteiger partial charge in [-0.2, -0.15) is 13.2 Å². The normalized spacial score (nSPS) is 16.1. The quantitative estimate of drug-likeness (QED) is 0.472. The van der Waals surface area contributed by atoms with Gasteiger partial charge in [-0.25, -0.2) is 9.97 Å². The third kappa shape index (κ3) is 5.48. The maximum Gasteiger partial charge on any atom is 0.416 e. The molecule has 0 saturated carbocycles. The molecule has 1 fully saturated rings. The van der Waals surface area contributed by atoms with Gasteiger partial charge in [-0.3, -0.25) is 9.88 Å². The van der Waals surface area contributed by atoms with Gasteiger partial charge in [0.2, 0.25) is 5.95 Å². The number of rotatable bonds is 5. The second-order valence-electron chi connectivity index (χ2n) is 8.86. The average Bonchev–Trinajstić information content (AvgIpc) is 2.99. The van der Waals surface area contributed by atoms with Gasteiger partial charge in [0.1, 0.15) is 0 Å². The van der Waals surface area contributed by atoms with E-state index in [0.29, 0.717) is 28.6 Å². The maximum absolute atomic E-state index is 13.3. The lowest BCUT2D eigenvalue weighted by atomic mass is 10.0. The minimum Gasteiger partial charge on any atom is -0.379 e. The molecular weight excluding hydrogens is 489 g/mol. The van der Waals surface area contributed by atoms with E-state index in [1.807, 2.05) is 19.2 Å². The molecule has 7 nitrogen and oxygen atoms in total. The molecule has 11 heteroatoms. The number of anilines is 3. The van der Waals surface area contributed by atoms with E-state index in [0.717, 1.165) is 73.9 Å². The minimum atomic E-state index is -4.46. The number of morpholine rings is 1. The Hall–Kier alpha value is -3.15. The number of benzene rings is 1. The van der Waals surface area contributed by atoms with Crippen LogP contribution in [0.3, 0.4) is 0 Å². The molecule has 2 aliphatic heterocycles. The Kier molecular flexibility index (Phi) is 6.87. The van der Waals surface area contributed by atoms with Gasteiger partial charge in [-0.05, 0) is 37.1 Å². The largest absolute Gasteiger partial charge is 0.416 e. The number of aromatic nitrogens is 3. The van der Waals surface area contributed by atoms with Crippen LogP contribution in [0.15, 0.2) is 36.7 Å². The van der Waals surface area contributed by atoms with Crippen LogP contribution >= 0.6 is 12.2 Å². The van der Waals surface area contributed by atoms with Gasteiger partial charge in [-0.1, -0.05) is 18.3 Å². The van der Waals surface area contributed by atoms with Crippen molar-refractivity contribution in [1.82, 2.24) is 19.9 Å². The molecule has 0 unspecified atom stereocenters. The maximum atomic E-state index is 13.3. The van der Waals surface area contributed by atoms with Crippen molar-refractivity contribution in [3.05, 3.63) is 59.0 Å². The van der Waals surface area contributed by atoms with E-state index in [4.69, 9.17) is 17.0 Å². The van der Waals surface area contributed by atoms with E-state index in [-0.39, 0.29) is 5.69 Å². The Balaban J connectivity index is 1.41. The smallest absolute Gasteiger partial charge is 0.379 e. The number of alkyl halides is 3. The van der Waals surface area contributed by atoms with Crippen LogP contribution in [-0.4, -0.2) is 57.7 Å². The molecule has 2 aromatic heterocycles. The van der Waals surface area contributed by atoms with E-state index < -0.39 is 11.7 Å². The van der Waals surface area contributed by atoms with E-state index in [1.165, 1.54) is 6.07 Å². The summed E-state index contributed by atoms with van der Waals surface area (Å²) in [6.45, 7) is 6.19. The summed E-state index contributed by atoms with van der Waals surface area (Å²) in [6.07, 6.45) is 0.267. The second kappa shape index (κ2) is 10.1. The summed E-state index contributed by atoms with van der Waals surface area (Å²) < 4.78 is 45.2. The summed E-state index contributed by atoms with van der Waals surface area (Å²) >= 11 is 5.34. The highest BCUT2D eigenvalue weighted by Crippen LogP contribution is 2.38. The van der Waals surface area contributed by atoms with Crippen LogP contribution in [0.1, 0.15) is 22.4 Å². The number of pyridine rings is 1. The highest BCUT2D eigenvalue weighted by molar-refractivity contribution is 7.80. The highest BCUT2D eigenvalue weighted by atomic mass is 32.1. The molecule has 1 saturated heterocycles. The third-order valence-corrected chi connectivity index (χ3v) is 6.55. The zero-order chi connectivity index (χ0) is 25.3. The predicted octanol–water partition coefficient (Wildman–Crippen LogP) is 4.78. The zero-order valence-corrected chi connectivity index (χ0v) is 20.5. The number of fused-ring (bicyclic) bond motifs is 3. The van der Waals surface area contributed by atoms with Crippen LogP contribution in [0.25, 0.3) is 11.3 Å². The Bertz CT molecular complexity index is 1290. The Morgan fingerprint density at radius 3 is 2.72 bits per heavy atom. The van der Waals surface area contributed by atoms with Crippen LogP contribution in [0.2, 0.25) is 0 Å². The number of aryl methyl sites for hydroxylation is 1. The SMILES string of the molecule is Cc1ncc(CCN2CCOCC2)cc1Nc1ncc2c(n1)-c1ccc(C(F)(F)F)cc1NC(=S)C2. The lowest BCUT2D eigenvalue weighted by Gasteiger charge is -2.26. The van der Waals surface area contributed by atoms with E-state index in [1.54, 1.807) is 6.20 Å². The summed E-state index contributed by atoms with van der Waals surface area (Å²) in [7, 11) is 0. The molecule has 36 heavy (non-hydrogen) atoms. The number of nitrogens with zero attached hydrogens (tertiary/aromatic N) is 4. The summed E-state index contributed by atoms with van der Waals surface area (Å²) in [5.74, 6) is 0.336. The van der Waals surface area contributed by atoms with Crippen LogP contribution < -0.4 is 10.6 Å². The van der Waals surface area contributed by atoms with Crippen molar-refractivity contribution in [2.24, 2.45) is 0 Å².